The summed E-state index contributed by atoms with van der Waals surface area (Å²) in [6.45, 7) is 0. The van der Waals surface area contributed by atoms with Gasteiger partial charge in [-0.25, -0.2) is 9.59 Å². The number of esters is 2. The lowest BCUT2D eigenvalue weighted by molar-refractivity contribution is 0.0555. The minimum absolute atomic E-state index is 0.0350. The normalized spacial score (nSPS) is 10.2. The molecule has 1 N–H and O–H groups in total. The van der Waals surface area contributed by atoms with Gasteiger partial charge in [0.15, 0.2) is 0 Å². The molecule has 30 heavy (non-hydrogen) atoms. The van der Waals surface area contributed by atoms with E-state index in [0.29, 0.717) is 22.1 Å². The third-order valence-electron chi connectivity index (χ3n) is 3.95. The van der Waals surface area contributed by atoms with Gasteiger partial charge in [-0.2, -0.15) is 0 Å². The van der Waals surface area contributed by atoms with Gasteiger partial charge in [0.25, 0.3) is 5.91 Å². The first-order chi connectivity index (χ1) is 14.4. The van der Waals surface area contributed by atoms with Crippen molar-refractivity contribution in [1.82, 2.24) is 0 Å². The van der Waals surface area contributed by atoms with Crippen molar-refractivity contribution in [2.24, 2.45) is 0 Å². The third kappa shape index (κ3) is 5.05. The molecule has 1 aromatic heterocycles. The number of thiophene rings is 1. The number of rotatable bonds is 6. The fourth-order valence-electron chi connectivity index (χ4n) is 2.53. The van der Waals surface area contributed by atoms with E-state index in [1.807, 2.05) is 6.07 Å². The second-order valence-corrected chi connectivity index (χ2v) is 8.34. The maximum atomic E-state index is 12.2. The Morgan fingerprint density at radius 1 is 0.833 bits per heavy atom. The van der Waals surface area contributed by atoms with E-state index in [0.717, 1.165) is 3.79 Å². The molecule has 0 radical (unpaired) electrons. The van der Waals surface area contributed by atoms with Crippen LogP contribution in [0.2, 0.25) is 0 Å². The zero-order valence-corrected chi connectivity index (χ0v) is 18.3. The zero-order chi connectivity index (χ0) is 21.7. The molecule has 0 fully saturated rings. The fourth-order valence-corrected chi connectivity index (χ4v) is 3.81. The van der Waals surface area contributed by atoms with Crippen molar-refractivity contribution >= 4 is 50.8 Å². The second kappa shape index (κ2) is 9.55. The highest BCUT2D eigenvalue weighted by molar-refractivity contribution is 9.11. The van der Waals surface area contributed by atoms with Gasteiger partial charge in [0.2, 0.25) is 0 Å². The Morgan fingerprint density at radius 2 is 1.47 bits per heavy atom. The van der Waals surface area contributed by atoms with Crippen molar-refractivity contribution in [3.8, 4) is 11.5 Å². The summed E-state index contributed by atoms with van der Waals surface area (Å²) in [5, 5.41) is 2.80. The molecule has 0 saturated carbocycles. The molecule has 0 spiro atoms. The van der Waals surface area contributed by atoms with Gasteiger partial charge in [-0.3, -0.25) is 4.79 Å². The van der Waals surface area contributed by atoms with Gasteiger partial charge in [0, 0.05) is 5.69 Å². The molecule has 2 aromatic carbocycles. The summed E-state index contributed by atoms with van der Waals surface area (Å²) in [5.41, 5.74) is 0.718. The van der Waals surface area contributed by atoms with Crippen LogP contribution < -0.4 is 10.1 Å². The van der Waals surface area contributed by atoms with E-state index in [1.54, 1.807) is 36.4 Å². The van der Waals surface area contributed by atoms with E-state index in [1.165, 1.54) is 37.7 Å². The van der Waals surface area contributed by atoms with Crippen molar-refractivity contribution in [3.05, 3.63) is 74.4 Å². The first-order valence-electron chi connectivity index (χ1n) is 8.56. The number of methoxy groups -OCH3 is 2. The van der Waals surface area contributed by atoms with Crippen LogP contribution in [0.15, 0.2) is 58.4 Å². The minimum atomic E-state index is -0.681. The molecule has 3 aromatic rings. The molecule has 154 valence electrons. The van der Waals surface area contributed by atoms with Crippen LogP contribution in [-0.4, -0.2) is 32.1 Å². The highest BCUT2D eigenvalue weighted by Crippen LogP contribution is 2.27. The Morgan fingerprint density at radius 3 is 2.07 bits per heavy atom. The third-order valence-corrected chi connectivity index (χ3v) is 5.57. The van der Waals surface area contributed by atoms with E-state index in [9.17, 15) is 14.4 Å². The topological polar surface area (TPSA) is 90.9 Å². The maximum absolute atomic E-state index is 12.2. The number of ether oxygens (including phenoxy) is 3. The molecule has 1 heterocycles. The largest absolute Gasteiger partial charge is 0.465 e. The van der Waals surface area contributed by atoms with E-state index in [2.05, 4.69) is 26.0 Å². The van der Waals surface area contributed by atoms with Crippen LogP contribution in [0.3, 0.4) is 0 Å². The predicted octanol–water partition coefficient (Wildman–Crippen LogP) is 5.13. The Bertz CT molecular complexity index is 1090. The summed E-state index contributed by atoms with van der Waals surface area (Å²) in [7, 11) is 2.45. The average Bonchev–Trinajstić information content (AvgIpc) is 3.20. The molecule has 1 amide bonds. The quantitative estimate of drug-likeness (QED) is 0.482. The SMILES string of the molecule is COC(=O)c1ccc(Oc2ccc(NC(=O)c3ccc(Br)s3)cc2)cc1C(=O)OC. The summed E-state index contributed by atoms with van der Waals surface area (Å²) in [6, 6.07) is 14.7. The van der Waals surface area contributed by atoms with Crippen LogP contribution in [0, 0.1) is 0 Å². The van der Waals surface area contributed by atoms with E-state index >= 15 is 0 Å². The number of anilines is 1. The molecule has 0 bridgehead atoms. The summed E-state index contributed by atoms with van der Waals surface area (Å²) in [5.74, 6) is -0.726. The van der Waals surface area contributed by atoms with Crippen LogP contribution in [0.5, 0.6) is 11.5 Å². The highest BCUT2D eigenvalue weighted by atomic mass is 79.9. The number of halogens is 1. The minimum Gasteiger partial charge on any atom is -0.465 e. The molecule has 0 aliphatic heterocycles. The highest BCUT2D eigenvalue weighted by Gasteiger charge is 2.19. The predicted molar refractivity (Wildman–Crippen MR) is 116 cm³/mol. The Hall–Kier alpha value is -3.17. The van der Waals surface area contributed by atoms with Crippen LogP contribution in [-0.2, 0) is 9.47 Å². The monoisotopic (exact) mass is 489 g/mol. The molecule has 0 unspecified atom stereocenters. The zero-order valence-electron chi connectivity index (χ0n) is 15.9. The van der Waals surface area contributed by atoms with Crippen molar-refractivity contribution in [1.29, 1.82) is 0 Å². The number of amides is 1. The number of hydrogen-bond acceptors (Lipinski definition) is 7. The van der Waals surface area contributed by atoms with E-state index < -0.39 is 11.9 Å². The maximum Gasteiger partial charge on any atom is 0.338 e. The van der Waals surface area contributed by atoms with Gasteiger partial charge in [-0.1, -0.05) is 0 Å². The lowest BCUT2D eigenvalue weighted by atomic mass is 10.1. The number of carbonyl (C=O) groups excluding carboxylic acids is 3. The second-order valence-electron chi connectivity index (χ2n) is 5.87. The van der Waals surface area contributed by atoms with Crippen LogP contribution in [0.4, 0.5) is 5.69 Å². The van der Waals surface area contributed by atoms with Crippen molar-refractivity contribution in [2.75, 3.05) is 19.5 Å². The molecule has 3 rings (SSSR count). The molecule has 0 aliphatic rings. The van der Waals surface area contributed by atoms with Crippen LogP contribution in [0.1, 0.15) is 30.4 Å². The van der Waals surface area contributed by atoms with E-state index in [4.69, 9.17) is 9.47 Å². The number of benzene rings is 2. The first kappa shape index (κ1) is 21.5. The molecule has 9 heteroatoms. The van der Waals surface area contributed by atoms with Gasteiger partial charge >= 0.3 is 11.9 Å². The summed E-state index contributed by atoms with van der Waals surface area (Å²) < 4.78 is 16.0. The molecule has 0 saturated heterocycles. The van der Waals surface area contributed by atoms with Crippen molar-refractivity contribution in [3.63, 3.8) is 0 Å². The molecule has 7 nitrogen and oxygen atoms in total. The van der Waals surface area contributed by atoms with Crippen molar-refractivity contribution in [2.45, 2.75) is 0 Å². The average molecular weight is 490 g/mol. The molecular formula is C21H16BrNO6S. The smallest absolute Gasteiger partial charge is 0.338 e. The summed E-state index contributed by atoms with van der Waals surface area (Å²) >= 11 is 4.67. The van der Waals surface area contributed by atoms with E-state index in [-0.39, 0.29) is 17.0 Å². The van der Waals surface area contributed by atoms with Gasteiger partial charge < -0.3 is 19.5 Å². The standard InChI is InChI=1S/C21H16BrNO6S/c1-27-20(25)15-8-7-14(11-16(15)21(26)28-2)29-13-5-3-12(4-6-13)23-19(24)17-9-10-18(22)30-17/h3-11H,1-2H3,(H,23,24). The van der Waals surface area contributed by atoms with Crippen molar-refractivity contribution < 1.29 is 28.6 Å². The Kier molecular flexibility index (Phi) is 6.86. The molecule has 0 aliphatic carbocycles. The summed E-state index contributed by atoms with van der Waals surface area (Å²) in [4.78, 5) is 36.6. The number of carbonyl (C=O) groups is 3. The fraction of sp³-hybridized carbons (Fsp3) is 0.0952. The van der Waals surface area contributed by atoms with Gasteiger partial charge in [-0.05, 0) is 70.5 Å². The Balaban J connectivity index is 1.74. The first-order valence-corrected chi connectivity index (χ1v) is 10.2. The summed E-state index contributed by atoms with van der Waals surface area (Å²) in [6.07, 6.45) is 0. The lowest BCUT2D eigenvalue weighted by Crippen LogP contribution is -2.11. The molecule has 0 atom stereocenters. The lowest BCUT2D eigenvalue weighted by Gasteiger charge is -2.11. The number of nitrogens with one attached hydrogen (secondary N) is 1. The number of hydrogen-bond donors (Lipinski definition) is 1. The van der Waals surface area contributed by atoms with Gasteiger partial charge in [0.1, 0.15) is 11.5 Å². The van der Waals surface area contributed by atoms with Crippen LogP contribution >= 0.6 is 27.3 Å². The van der Waals surface area contributed by atoms with Gasteiger partial charge in [0.05, 0.1) is 34.0 Å². The van der Waals surface area contributed by atoms with Crippen LogP contribution in [0.25, 0.3) is 0 Å². The van der Waals surface area contributed by atoms with Gasteiger partial charge in [-0.15, -0.1) is 11.3 Å². The molecular weight excluding hydrogens is 474 g/mol. The Labute approximate surface area is 184 Å².